The van der Waals surface area contributed by atoms with Gasteiger partial charge >= 0.3 is 6.01 Å². The number of hydrogen-bond acceptors (Lipinski definition) is 7. The van der Waals surface area contributed by atoms with Crippen LogP contribution < -0.4 is 14.5 Å². The molecule has 0 bridgehead atoms. The summed E-state index contributed by atoms with van der Waals surface area (Å²) in [4.78, 5) is 28.1. The Kier molecular flexibility index (Phi) is 6.47. The van der Waals surface area contributed by atoms with E-state index in [1.54, 1.807) is 12.0 Å². The maximum Gasteiger partial charge on any atom is 0.318 e. The monoisotopic (exact) mass is 482 g/mol. The lowest BCUT2D eigenvalue weighted by Crippen LogP contribution is -2.55. The summed E-state index contributed by atoms with van der Waals surface area (Å²) in [7, 11) is 1.58. The standard InChI is InChI=1S/C28H30N6O2/c1-4-25(35)34-16-15-33(17-21(34)11-13-29)27-22-12-14-32(18-23(22)30-28(31-27)36-3)24-10-6-9-20-8-5-7-19(2)26(20)24/h4-10,21H,1,11-12,14-18H2,2-3H3. The number of amides is 1. The second-order valence-electron chi connectivity index (χ2n) is 9.28. The van der Waals surface area contributed by atoms with Crippen molar-refractivity contribution in [1.82, 2.24) is 14.9 Å². The number of methoxy groups -OCH3 is 1. The minimum atomic E-state index is -0.218. The molecular formula is C28H30N6O2. The SMILES string of the molecule is C=CC(=O)N1CCN(c2nc(OC)nc3c2CCN(c2cccc4cccc(C)c24)C3)CC1CC#N. The van der Waals surface area contributed by atoms with Gasteiger partial charge in [0.2, 0.25) is 5.91 Å². The van der Waals surface area contributed by atoms with Crippen LogP contribution in [-0.4, -0.2) is 60.1 Å². The molecule has 1 aromatic heterocycles. The summed E-state index contributed by atoms with van der Waals surface area (Å²) in [6.45, 7) is 8.95. The topological polar surface area (TPSA) is 85.6 Å². The third-order valence-electron chi connectivity index (χ3n) is 7.20. The first-order chi connectivity index (χ1) is 17.5. The smallest absolute Gasteiger partial charge is 0.318 e. The maximum atomic E-state index is 12.3. The zero-order valence-corrected chi connectivity index (χ0v) is 20.8. The predicted octanol–water partition coefficient (Wildman–Crippen LogP) is 3.63. The van der Waals surface area contributed by atoms with E-state index in [0.29, 0.717) is 32.2 Å². The van der Waals surface area contributed by atoms with E-state index in [1.165, 1.54) is 28.1 Å². The lowest BCUT2D eigenvalue weighted by Gasteiger charge is -2.42. The zero-order valence-electron chi connectivity index (χ0n) is 20.8. The predicted molar refractivity (Wildman–Crippen MR) is 140 cm³/mol. The summed E-state index contributed by atoms with van der Waals surface area (Å²) in [6.07, 6.45) is 2.37. The normalized spacial score (nSPS) is 17.5. The van der Waals surface area contributed by atoms with Crippen molar-refractivity contribution in [2.24, 2.45) is 0 Å². The van der Waals surface area contributed by atoms with Crippen LogP contribution in [0.4, 0.5) is 11.5 Å². The van der Waals surface area contributed by atoms with Gasteiger partial charge in [0.25, 0.3) is 0 Å². The molecule has 0 spiro atoms. The first-order valence-electron chi connectivity index (χ1n) is 12.3. The number of hydrogen-bond donors (Lipinski definition) is 0. The van der Waals surface area contributed by atoms with Gasteiger partial charge in [0.1, 0.15) is 5.82 Å². The van der Waals surface area contributed by atoms with Gasteiger partial charge in [-0.15, -0.1) is 0 Å². The summed E-state index contributed by atoms with van der Waals surface area (Å²) >= 11 is 0. The van der Waals surface area contributed by atoms with E-state index in [2.05, 4.69) is 65.8 Å². The highest BCUT2D eigenvalue weighted by atomic mass is 16.5. The Labute approximate surface area is 211 Å². The van der Waals surface area contributed by atoms with E-state index in [1.807, 2.05) is 0 Å². The average molecular weight is 483 g/mol. The van der Waals surface area contributed by atoms with Gasteiger partial charge in [-0.2, -0.15) is 15.2 Å². The number of anilines is 2. The number of nitriles is 1. The Morgan fingerprint density at radius 2 is 2.00 bits per heavy atom. The molecule has 3 aromatic rings. The van der Waals surface area contributed by atoms with E-state index in [0.717, 1.165) is 30.0 Å². The molecule has 1 atom stereocenters. The molecule has 1 amide bonds. The van der Waals surface area contributed by atoms with Crippen LogP contribution in [0.2, 0.25) is 0 Å². The fourth-order valence-electron chi connectivity index (χ4n) is 5.45. The van der Waals surface area contributed by atoms with Gasteiger partial charge in [0, 0.05) is 42.8 Å². The Balaban J connectivity index is 1.48. The van der Waals surface area contributed by atoms with Gasteiger partial charge in [-0.25, -0.2) is 0 Å². The highest BCUT2D eigenvalue weighted by molar-refractivity contribution is 5.97. The maximum absolute atomic E-state index is 12.3. The van der Waals surface area contributed by atoms with E-state index >= 15 is 0 Å². The molecule has 3 heterocycles. The summed E-state index contributed by atoms with van der Waals surface area (Å²) in [5.41, 5.74) is 4.53. The Morgan fingerprint density at radius 3 is 2.75 bits per heavy atom. The number of carbonyl (C=O) groups excluding carboxylic acids is 1. The van der Waals surface area contributed by atoms with Crippen LogP contribution in [0.5, 0.6) is 6.01 Å². The molecule has 2 aliphatic heterocycles. The van der Waals surface area contributed by atoms with Gasteiger partial charge in [0.15, 0.2) is 0 Å². The first-order valence-corrected chi connectivity index (χ1v) is 12.3. The molecule has 2 aliphatic rings. The Hall–Kier alpha value is -4.12. The van der Waals surface area contributed by atoms with Gasteiger partial charge < -0.3 is 19.4 Å². The van der Waals surface area contributed by atoms with Crippen LogP contribution in [0.1, 0.15) is 23.2 Å². The molecular weight excluding hydrogens is 452 g/mol. The number of benzene rings is 2. The number of aryl methyl sites for hydroxylation is 1. The summed E-state index contributed by atoms with van der Waals surface area (Å²) in [6, 6.07) is 15.2. The molecule has 8 heteroatoms. The number of nitrogens with zero attached hydrogens (tertiary/aromatic N) is 6. The number of piperazine rings is 1. The van der Waals surface area contributed by atoms with Crippen LogP contribution in [0, 0.1) is 18.3 Å². The number of fused-ring (bicyclic) bond motifs is 2. The second kappa shape index (κ2) is 9.86. The molecule has 2 aromatic carbocycles. The number of rotatable bonds is 5. The largest absolute Gasteiger partial charge is 0.467 e. The van der Waals surface area contributed by atoms with Crippen molar-refractivity contribution in [3.8, 4) is 12.1 Å². The lowest BCUT2D eigenvalue weighted by atomic mass is 9.99. The molecule has 184 valence electrons. The van der Waals surface area contributed by atoms with Crippen molar-refractivity contribution in [1.29, 1.82) is 5.26 Å². The Bertz CT molecular complexity index is 1360. The fourth-order valence-corrected chi connectivity index (χ4v) is 5.45. The van der Waals surface area contributed by atoms with Crippen LogP contribution in [0.15, 0.2) is 49.1 Å². The lowest BCUT2D eigenvalue weighted by molar-refractivity contribution is -0.128. The fraction of sp³-hybridized carbons (Fsp3) is 0.357. The highest BCUT2D eigenvalue weighted by Gasteiger charge is 2.33. The molecule has 0 radical (unpaired) electrons. The van der Waals surface area contributed by atoms with Gasteiger partial charge in [-0.3, -0.25) is 4.79 Å². The van der Waals surface area contributed by atoms with Crippen LogP contribution in [0.25, 0.3) is 10.8 Å². The molecule has 0 N–H and O–H groups in total. The number of ether oxygens (including phenoxy) is 1. The Morgan fingerprint density at radius 1 is 1.19 bits per heavy atom. The number of carbonyl (C=O) groups is 1. The van der Waals surface area contributed by atoms with Gasteiger partial charge in [0.05, 0.1) is 37.9 Å². The van der Waals surface area contributed by atoms with Crippen LogP contribution >= 0.6 is 0 Å². The first kappa shape index (κ1) is 23.6. The van der Waals surface area contributed by atoms with Crippen molar-refractivity contribution in [3.05, 3.63) is 65.9 Å². The van der Waals surface area contributed by atoms with E-state index in [-0.39, 0.29) is 18.4 Å². The molecule has 1 saturated heterocycles. The number of aromatic nitrogens is 2. The zero-order chi connectivity index (χ0) is 25.2. The van der Waals surface area contributed by atoms with Crippen LogP contribution in [-0.2, 0) is 17.8 Å². The third kappa shape index (κ3) is 4.22. The van der Waals surface area contributed by atoms with Crippen molar-refractivity contribution in [3.63, 3.8) is 0 Å². The summed E-state index contributed by atoms with van der Waals surface area (Å²) < 4.78 is 5.50. The van der Waals surface area contributed by atoms with E-state index in [9.17, 15) is 10.1 Å². The molecule has 0 saturated carbocycles. The van der Waals surface area contributed by atoms with E-state index < -0.39 is 0 Å². The average Bonchev–Trinajstić information content (AvgIpc) is 2.91. The molecule has 8 nitrogen and oxygen atoms in total. The minimum absolute atomic E-state index is 0.141. The van der Waals surface area contributed by atoms with Gasteiger partial charge in [-0.05, 0) is 36.4 Å². The van der Waals surface area contributed by atoms with Crippen molar-refractivity contribution in [2.75, 3.05) is 43.1 Å². The molecule has 1 fully saturated rings. The molecule has 5 rings (SSSR count). The molecule has 36 heavy (non-hydrogen) atoms. The third-order valence-corrected chi connectivity index (χ3v) is 7.20. The second-order valence-corrected chi connectivity index (χ2v) is 9.28. The highest BCUT2D eigenvalue weighted by Crippen LogP contribution is 2.35. The van der Waals surface area contributed by atoms with Crippen LogP contribution in [0.3, 0.4) is 0 Å². The molecule has 1 unspecified atom stereocenters. The van der Waals surface area contributed by atoms with Crippen molar-refractivity contribution in [2.45, 2.75) is 32.4 Å². The van der Waals surface area contributed by atoms with Gasteiger partial charge in [-0.1, -0.05) is 36.9 Å². The summed E-state index contributed by atoms with van der Waals surface area (Å²) in [5.74, 6) is 0.706. The minimum Gasteiger partial charge on any atom is -0.467 e. The van der Waals surface area contributed by atoms with Crippen molar-refractivity contribution < 1.29 is 9.53 Å². The van der Waals surface area contributed by atoms with E-state index in [4.69, 9.17) is 14.7 Å². The summed E-state index contributed by atoms with van der Waals surface area (Å²) in [5, 5.41) is 11.9. The van der Waals surface area contributed by atoms with Crippen molar-refractivity contribution >= 4 is 28.2 Å². The quantitative estimate of drug-likeness (QED) is 0.514. The molecule has 0 aliphatic carbocycles.